The molecule has 1 fully saturated rings. The van der Waals surface area contributed by atoms with Crippen molar-refractivity contribution in [1.29, 1.82) is 0 Å². The zero-order valence-electron chi connectivity index (χ0n) is 11.4. The predicted octanol–water partition coefficient (Wildman–Crippen LogP) is 1.89. The zero-order valence-corrected chi connectivity index (χ0v) is 13.8. The third kappa shape index (κ3) is 3.05. The van der Waals surface area contributed by atoms with Gasteiger partial charge in [0, 0.05) is 23.1 Å². The molecule has 1 aromatic rings. The van der Waals surface area contributed by atoms with E-state index in [2.05, 4.69) is 22.9 Å². The van der Waals surface area contributed by atoms with Crippen LogP contribution in [-0.4, -0.2) is 32.3 Å². The van der Waals surface area contributed by atoms with Gasteiger partial charge in [0.25, 0.3) is 5.91 Å². The fraction of sp³-hybridized carbons (Fsp3) is 0.462. The van der Waals surface area contributed by atoms with Gasteiger partial charge in [0.15, 0.2) is 0 Å². The largest absolute Gasteiger partial charge is 0.338 e. The Morgan fingerprint density at radius 3 is 2.60 bits per heavy atom. The lowest BCUT2D eigenvalue weighted by Crippen LogP contribution is -2.29. The lowest BCUT2D eigenvalue weighted by molar-refractivity contribution is 0.0787. The maximum Gasteiger partial charge on any atom is 0.254 e. The number of rotatable bonds is 2. The van der Waals surface area contributed by atoms with Crippen molar-refractivity contribution in [2.45, 2.75) is 25.2 Å². The number of primary sulfonamides is 1. The molecule has 0 radical (unpaired) electrons. The van der Waals surface area contributed by atoms with Crippen LogP contribution in [0.3, 0.4) is 0 Å². The second-order valence-corrected chi connectivity index (χ2v) is 7.68. The van der Waals surface area contributed by atoms with Crippen LogP contribution < -0.4 is 5.14 Å². The maximum absolute atomic E-state index is 12.5. The molecule has 1 atom stereocenters. The van der Waals surface area contributed by atoms with Crippen LogP contribution in [0.5, 0.6) is 0 Å². The molecule has 20 heavy (non-hydrogen) atoms. The average Bonchev–Trinajstić information content (AvgIpc) is 2.77. The van der Waals surface area contributed by atoms with E-state index in [0.29, 0.717) is 29.0 Å². The van der Waals surface area contributed by atoms with Crippen molar-refractivity contribution in [3.63, 3.8) is 0 Å². The number of hydrogen-bond acceptors (Lipinski definition) is 3. The van der Waals surface area contributed by atoms with Crippen LogP contribution in [0, 0.1) is 12.8 Å². The van der Waals surface area contributed by atoms with Crippen LogP contribution in [0.25, 0.3) is 0 Å². The summed E-state index contributed by atoms with van der Waals surface area (Å²) in [6.07, 6.45) is 0.973. The van der Waals surface area contributed by atoms with Crippen molar-refractivity contribution in [3.8, 4) is 0 Å². The molecular formula is C13H17BrN2O3S. The molecular weight excluding hydrogens is 344 g/mol. The summed E-state index contributed by atoms with van der Waals surface area (Å²) in [5.41, 5.74) is 1.11. The van der Waals surface area contributed by atoms with Gasteiger partial charge in [0.2, 0.25) is 10.0 Å². The number of hydrogen-bond donors (Lipinski definition) is 1. The average molecular weight is 361 g/mol. The lowest BCUT2D eigenvalue weighted by Gasteiger charge is -2.18. The van der Waals surface area contributed by atoms with Crippen molar-refractivity contribution in [2.75, 3.05) is 13.1 Å². The highest BCUT2D eigenvalue weighted by Crippen LogP contribution is 2.27. The van der Waals surface area contributed by atoms with Gasteiger partial charge in [-0.1, -0.05) is 22.9 Å². The minimum absolute atomic E-state index is 0.0504. The zero-order chi connectivity index (χ0) is 15.1. The number of nitrogens with zero attached hydrogens (tertiary/aromatic N) is 1. The Morgan fingerprint density at radius 1 is 1.45 bits per heavy atom. The molecule has 0 aliphatic carbocycles. The molecule has 1 heterocycles. The third-order valence-corrected chi connectivity index (χ3v) is 5.30. The minimum atomic E-state index is -3.83. The Labute approximate surface area is 127 Å². The minimum Gasteiger partial charge on any atom is -0.338 e. The number of halogens is 1. The maximum atomic E-state index is 12.5. The Morgan fingerprint density at radius 2 is 2.10 bits per heavy atom. The fourth-order valence-electron chi connectivity index (χ4n) is 2.33. The standard InChI is InChI=1S/C13H17BrN2O3S/c1-8-3-4-16(7-8)13(17)11-5-10(20(15,18)19)6-12(14)9(11)2/h5-6,8H,3-4,7H2,1-2H3,(H2,15,18,19). The summed E-state index contributed by atoms with van der Waals surface area (Å²) in [5, 5.41) is 5.15. The first-order chi connectivity index (χ1) is 9.20. The van der Waals surface area contributed by atoms with E-state index in [4.69, 9.17) is 5.14 Å². The molecule has 1 aromatic carbocycles. The van der Waals surface area contributed by atoms with Crippen LogP contribution in [0.4, 0.5) is 0 Å². The summed E-state index contributed by atoms with van der Waals surface area (Å²) >= 11 is 3.29. The van der Waals surface area contributed by atoms with Gasteiger partial charge in [-0.25, -0.2) is 13.6 Å². The van der Waals surface area contributed by atoms with Crippen LogP contribution in [0.15, 0.2) is 21.5 Å². The highest BCUT2D eigenvalue weighted by atomic mass is 79.9. The highest BCUT2D eigenvalue weighted by molar-refractivity contribution is 9.10. The molecule has 0 aromatic heterocycles. The molecule has 1 unspecified atom stereocenters. The van der Waals surface area contributed by atoms with Crippen molar-refractivity contribution in [3.05, 3.63) is 27.7 Å². The lowest BCUT2D eigenvalue weighted by atomic mass is 10.1. The third-order valence-electron chi connectivity index (χ3n) is 3.59. The van der Waals surface area contributed by atoms with Crippen LogP contribution in [-0.2, 0) is 10.0 Å². The van der Waals surface area contributed by atoms with E-state index in [1.165, 1.54) is 12.1 Å². The smallest absolute Gasteiger partial charge is 0.254 e. The van der Waals surface area contributed by atoms with E-state index in [1.807, 2.05) is 0 Å². The molecule has 0 saturated carbocycles. The number of likely N-dealkylation sites (tertiary alicyclic amines) is 1. The Bertz CT molecular complexity index is 658. The summed E-state index contributed by atoms with van der Waals surface area (Å²) in [5.74, 6) is 0.335. The molecule has 1 aliphatic heterocycles. The highest BCUT2D eigenvalue weighted by Gasteiger charge is 2.26. The fourth-order valence-corrected chi connectivity index (χ4v) is 3.51. The molecule has 2 N–H and O–H groups in total. The van der Waals surface area contributed by atoms with Crippen LogP contribution in [0.2, 0.25) is 0 Å². The topological polar surface area (TPSA) is 80.5 Å². The second-order valence-electron chi connectivity index (χ2n) is 5.27. The summed E-state index contributed by atoms with van der Waals surface area (Å²) in [7, 11) is -3.83. The summed E-state index contributed by atoms with van der Waals surface area (Å²) in [6, 6.07) is 2.79. The number of sulfonamides is 1. The summed E-state index contributed by atoms with van der Waals surface area (Å²) < 4.78 is 23.5. The predicted molar refractivity (Wildman–Crippen MR) is 79.9 cm³/mol. The number of benzene rings is 1. The Kier molecular flexibility index (Phi) is 4.22. The van der Waals surface area contributed by atoms with Crippen molar-refractivity contribution in [1.82, 2.24) is 4.90 Å². The second kappa shape index (κ2) is 5.46. The van der Waals surface area contributed by atoms with Crippen molar-refractivity contribution < 1.29 is 13.2 Å². The van der Waals surface area contributed by atoms with Gasteiger partial charge < -0.3 is 4.90 Å². The van der Waals surface area contributed by atoms with E-state index < -0.39 is 10.0 Å². The first kappa shape index (κ1) is 15.5. The molecule has 7 heteroatoms. The SMILES string of the molecule is Cc1c(Br)cc(S(N)(=O)=O)cc1C(=O)N1CCC(C)C1. The molecule has 5 nitrogen and oxygen atoms in total. The number of amides is 1. The number of nitrogens with two attached hydrogens (primary N) is 1. The summed E-state index contributed by atoms with van der Waals surface area (Å²) in [4.78, 5) is 14.2. The first-order valence-electron chi connectivity index (χ1n) is 6.32. The quantitative estimate of drug-likeness (QED) is 0.874. The molecule has 110 valence electrons. The molecule has 1 saturated heterocycles. The Balaban J connectivity index is 2.45. The van der Waals surface area contributed by atoms with Gasteiger partial charge >= 0.3 is 0 Å². The van der Waals surface area contributed by atoms with Gasteiger partial charge in [-0.2, -0.15) is 0 Å². The van der Waals surface area contributed by atoms with Crippen LogP contribution >= 0.6 is 15.9 Å². The molecule has 1 aliphatic rings. The van der Waals surface area contributed by atoms with Gasteiger partial charge in [-0.3, -0.25) is 4.79 Å². The molecule has 0 spiro atoms. The van der Waals surface area contributed by atoms with E-state index in [9.17, 15) is 13.2 Å². The van der Waals surface area contributed by atoms with Crippen molar-refractivity contribution in [2.24, 2.45) is 11.1 Å². The number of carbonyl (C=O) groups is 1. The van der Waals surface area contributed by atoms with E-state index in [1.54, 1.807) is 11.8 Å². The molecule has 1 amide bonds. The Hall–Kier alpha value is -0.920. The monoisotopic (exact) mass is 360 g/mol. The van der Waals surface area contributed by atoms with Gasteiger partial charge in [0.1, 0.15) is 0 Å². The van der Waals surface area contributed by atoms with E-state index in [-0.39, 0.29) is 10.8 Å². The van der Waals surface area contributed by atoms with Crippen LogP contribution in [0.1, 0.15) is 29.3 Å². The van der Waals surface area contributed by atoms with E-state index in [0.717, 1.165) is 12.0 Å². The van der Waals surface area contributed by atoms with Gasteiger partial charge in [-0.15, -0.1) is 0 Å². The molecule has 2 rings (SSSR count). The molecule has 0 bridgehead atoms. The number of carbonyl (C=O) groups excluding carboxylic acids is 1. The summed E-state index contributed by atoms with van der Waals surface area (Å²) in [6.45, 7) is 5.28. The van der Waals surface area contributed by atoms with E-state index >= 15 is 0 Å². The van der Waals surface area contributed by atoms with Gasteiger partial charge in [0.05, 0.1) is 4.90 Å². The normalized spacial score (nSPS) is 19.4. The van der Waals surface area contributed by atoms with Gasteiger partial charge in [-0.05, 0) is 37.0 Å². The van der Waals surface area contributed by atoms with Crippen molar-refractivity contribution >= 4 is 31.9 Å². The first-order valence-corrected chi connectivity index (χ1v) is 8.66.